The summed E-state index contributed by atoms with van der Waals surface area (Å²) in [6.07, 6.45) is 1.39. The average Bonchev–Trinajstić information content (AvgIpc) is 3.07. The summed E-state index contributed by atoms with van der Waals surface area (Å²) in [4.78, 5) is 22.9. The lowest BCUT2D eigenvalue weighted by Crippen LogP contribution is -2.16. The first-order chi connectivity index (χ1) is 11.5. The number of carboxylic acids is 1. The number of hydrogen-bond donors (Lipinski definition) is 2. The van der Waals surface area contributed by atoms with Crippen LogP contribution in [0, 0.1) is 0 Å². The van der Waals surface area contributed by atoms with Crippen LogP contribution in [0.4, 0.5) is 0 Å². The van der Waals surface area contributed by atoms with E-state index in [1.165, 1.54) is 30.7 Å². The Balaban J connectivity index is 2.10. The van der Waals surface area contributed by atoms with Crippen LogP contribution in [-0.4, -0.2) is 36.9 Å². The van der Waals surface area contributed by atoms with E-state index >= 15 is 0 Å². The number of aliphatic carboxylic acids is 1. The third-order valence-corrected chi connectivity index (χ3v) is 3.87. The number of nitrogens with one attached hydrogen (secondary N) is 1. The van der Waals surface area contributed by atoms with Gasteiger partial charge in [0.1, 0.15) is 0 Å². The van der Waals surface area contributed by atoms with Crippen molar-refractivity contribution in [1.82, 2.24) is 5.43 Å². The number of rotatable bonds is 7. The molecule has 1 aromatic carbocycles. The lowest BCUT2D eigenvalue weighted by molar-refractivity contribution is -0.139. The van der Waals surface area contributed by atoms with Crippen LogP contribution in [0.15, 0.2) is 34.7 Å². The van der Waals surface area contributed by atoms with E-state index < -0.39 is 12.6 Å². The highest BCUT2D eigenvalue weighted by atomic mass is 35.5. The number of hydrazone groups is 1. The summed E-state index contributed by atoms with van der Waals surface area (Å²) in [6, 6.07) is 6.53. The fourth-order valence-electron chi connectivity index (χ4n) is 1.72. The van der Waals surface area contributed by atoms with Gasteiger partial charge in [0, 0.05) is 0 Å². The SMILES string of the molecule is COc1cc(/C=N\NC(=O)c2cccs2)cc(Cl)c1OCC(=O)O. The van der Waals surface area contributed by atoms with Gasteiger partial charge in [0.25, 0.3) is 5.91 Å². The molecule has 7 nitrogen and oxygen atoms in total. The maximum absolute atomic E-state index is 11.7. The maximum atomic E-state index is 11.7. The second kappa shape index (κ2) is 8.32. The van der Waals surface area contributed by atoms with Crippen molar-refractivity contribution in [2.45, 2.75) is 0 Å². The average molecular weight is 369 g/mol. The van der Waals surface area contributed by atoms with Gasteiger partial charge in [0.2, 0.25) is 0 Å². The maximum Gasteiger partial charge on any atom is 0.341 e. The van der Waals surface area contributed by atoms with Crippen LogP contribution in [0.3, 0.4) is 0 Å². The molecule has 1 aromatic heterocycles. The number of halogens is 1. The predicted octanol–water partition coefficient (Wildman–Crippen LogP) is 2.64. The third-order valence-electron chi connectivity index (χ3n) is 2.72. The highest BCUT2D eigenvalue weighted by Gasteiger charge is 2.13. The lowest BCUT2D eigenvalue weighted by Gasteiger charge is -2.11. The number of benzene rings is 1. The van der Waals surface area contributed by atoms with Crippen LogP contribution in [0.5, 0.6) is 11.5 Å². The van der Waals surface area contributed by atoms with Gasteiger partial charge in [-0.15, -0.1) is 11.3 Å². The van der Waals surface area contributed by atoms with Crippen LogP contribution < -0.4 is 14.9 Å². The van der Waals surface area contributed by atoms with Gasteiger partial charge >= 0.3 is 5.97 Å². The minimum atomic E-state index is -1.13. The molecule has 0 radical (unpaired) electrons. The van der Waals surface area contributed by atoms with Crippen LogP contribution in [0.1, 0.15) is 15.2 Å². The molecule has 0 fully saturated rings. The number of methoxy groups -OCH3 is 1. The van der Waals surface area contributed by atoms with Crippen LogP contribution in [0.25, 0.3) is 0 Å². The van der Waals surface area contributed by atoms with Gasteiger partial charge in [-0.1, -0.05) is 17.7 Å². The molecule has 0 unspecified atom stereocenters. The summed E-state index contributed by atoms with van der Waals surface area (Å²) < 4.78 is 10.2. The van der Waals surface area contributed by atoms with Crippen molar-refractivity contribution in [3.8, 4) is 11.5 Å². The zero-order valence-electron chi connectivity index (χ0n) is 12.5. The first-order valence-corrected chi connectivity index (χ1v) is 7.86. The Bertz CT molecular complexity index is 761. The minimum absolute atomic E-state index is 0.126. The Morgan fingerprint density at radius 1 is 1.46 bits per heavy atom. The second-order valence-corrected chi connectivity index (χ2v) is 5.75. The van der Waals surface area contributed by atoms with E-state index in [0.29, 0.717) is 10.4 Å². The van der Waals surface area contributed by atoms with Crippen molar-refractivity contribution in [2.24, 2.45) is 5.10 Å². The quantitative estimate of drug-likeness (QED) is 0.578. The van der Waals surface area contributed by atoms with Gasteiger partial charge in [-0.2, -0.15) is 5.10 Å². The molecule has 0 aliphatic rings. The van der Waals surface area contributed by atoms with E-state index in [2.05, 4.69) is 10.5 Å². The Hall–Kier alpha value is -2.58. The molecular formula is C15H13ClN2O5S. The molecule has 0 atom stereocenters. The Morgan fingerprint density at radius 2 is 2.25 bits per heavy atom. The third kappa shape index (κ3) is 4.71. The predicted molar refractivity (Wildman–Crippen MR) is 90.5 cm³/mol. The first-order valence-electron chi connectivity index (χ1n) is 6.60. The molecule has 24 heavy (non-hydrogen) atoms. The van der Waals surface area contributed by atoms with Crippen LogP contribution in [-0.2, 0) is 4.79 Å². The van der Waals surface area contributed by atoms with E-state index in [1.807, 2.05) is 0 Å². The summed E-state index contributed by atoms with van der Waals surface area (Å²) in [5.74, 6) is -1.06. The molecule has 0 aliphatic carbocycles. The Kier molecular flexibility index (Phi) is 6.16. The molecule has 0 saturated heterocycles. The lowest BCUT2D eigenvalue weighted by atomic mass is 10.2. The molecule has 0 saturated carbocycles. The van der Waals surface area contributed by atoms with Gasteiger partial charge in [0.15, 0.2) is 18.1 Å². The highest BCUT2D eigenvalue weighted by Crippen LogP contribution is 2.36. The fraction of sp³-hybridized carbons (Fsp3) is 0.133. The molecule has 1 amide bonds. The van der Waals surface area contributed by atoms with Crippen molar-refractivity contribution in [2.75, 3.05) is 13.7 Å². The standard InChI is InChI=1S/C15H13ClN2O5S/c1-22-11-6-9(5-10(16)14(11)23-8-13(19)20)7-17-18-15(21)12-3-2-4-24-12/h2-7H,8H2,1H3,(H,18,21)(H,19,20)/b17-7-. The number of carbonyl (C=O) groups excluding carboxylic acids is 1. The zero-order valence-corrected chi connectivity index (χ0v) is 14.1. The van der Waals surface area contributed by atoms with Crippen molar-refractivity contribution in [3.05, 3.63) is 45.1 Å². The number of thiophene rings is 1. The van der Waals surface area contributed by atoms with Crippen molar-refractivity contribution in [3.63, 3.8) is 0 Å². The van der Waals surface area contributed by atoms with E-state index in [1.54, 1.807) is 23.6 Å². The molecule has 9 heteroatoms. The monoisotopic (exact) mass is 368 g/mol. The molecule has 2 aromatic rings. The van der Waals surface area contributed by atoms with Gasteiger partial charge in [-0.05, 0) is 29.1 Å². The molecule has 0 bridgehead atoms. The van der Waals surface area contributed by atoms with Crippen LogP contribution >= 0.6 is 22.9 Å². The Morgan fingerprint density at radius 3 is 2.88 bits per heavy atom. The smallest absolute Gasteiger partial charge is 0.341 e. The highest BCUT2D eigenvalue weighted by molar-refractivity contribution is 7.12. The normalized spacial score (nSPS) is 10.6. The Labute approximate surface area is 146 Å². The number of hydrogen-bond acceptors (Lipinski definition) is 6. The largest absolute Gasteiger partial charge is 0.493 e. The number of ether oxygens (including phenoxy) is 2. The minimum Gasteiger partial charge on any atom is -0.493 e. The number of carbonyl (C=O) groups is 2. The first kappa shape index (κ1) is 17.8. The summed E-state index contributed by atoms with van der Waals surface area (Å²) in [5, 5.41) is 14.5. The molecule has 1 heterocycles. The van der Waals surface area contributed by atoms with Gasteiger partial charge in [-0.25, -0.2) is 10.2 Å². The van der Waals surface area contributed by atoms with E-state index in [9.17, 15) is 9.59 Å². The number of amides is 1. The summed E-state index contributed by atoms with van der Waals surface area (Å²) in [6.45, 7) is -0.541. The number of carboxylic acid groups (broad SMARTS) is 1. The second-order valence-electron chi connectivity index (χ2n) is 4.39. The van der Waals surface area contributed by atoms with Crippen molar-refractivity contribution < 1.29 is 24.2 Å². The van der Waals surface area contributed by atoms with E-state index in [-0.39, 0.29) is 22.4 Å². The number of nitrogens with zero attached hydrogens (tertiary/aromatic N) is 1. The van der Waals surface area contributed by atoms with Gasteiger partial charge in [-0.3, -0.25) is 4.79 Å². The van der Waals surface area contributed by atoms with Crippen LogP contribution in [0.2, 0.25) is 5.02 Å². The van der Waals surface area contributed by atoms with Crippen molar-refractivity contribution >= 4 is 41.0 Å². The summed E-state index contributed by atoms with van der Waals surface area (Å²) >= 11 is 7.38. The van der Waals surface area contributed by atoms with Gasteiger partial charge < -0.3 is 14.6 Å². The zero-order chi connectivity index (χ0) is 17.5. The summed E-state index contributed by atoms with van der Waals surface area (Å²) in [5.41, 5.74) is 2.94. The fourth-order valence-corrected chi connectivity index (χ4v) is 2.60. The van der Waals surface area contributed by atoms with E-state index in [4.69, 9.17) is 26.2 Å². The molecule has 2 rings (SSSR count). The molecule has 126 valence electrons. The van der Waals surface area contributed by atoms with Crippen molar-refractivity contribution in [1.29, 1.82) is 0 Å². The molecule has 2 N–H and O–H groups in total. The van der Waals surface area contributed by atoms with E-state index in [0.717, 1.165) is 0 Å². The summed E-state index contributed by atoms with van der Waals surface area (Å²) in [7, 11) is 1.40. The topological polar surface area (TPSA) is 97.2 Å². The molecular weight excluding hydrogens is 356 g/mol. The molecule has 0 aliphatic heterocycles. The molecule has 0 spiro atoms. The van der Waals surface area contributed by atoms with Gasteiger partial charge in [0.05, 0.1) is 23.2 Å².